The van der Waals surface area contributed by atoms with E-state index in [0.717, 1.165) is 6.92 Å². The molecule has 1 heterocycles. The fraction of sp³-hybridized carbons (Fsp3) is 0.667. The predicted octanol–water partition coefficient (Wildman–Crippen LogP) is -2.27. The number of thiocarbonyl (C=S) groups is 1. The fourth-order valence-corrected chi connectivity index (χ4v) is 2.63. The zero-order valence-electron chi connectivity index (χ0n) is 12.0. The van der Waals surface area contributed by atoms with Gasteiger partial charge in [-0.2, -0.15) is 4.99 Å². The van der Waals surface area contributed by atoms with Crippen molar-refractivity contribution >= 4 is 34.7 Å². The zero-order valence-corrected chi connectivity index (χ0v) is 12.8. The normalized spacial score (nSPS) is 41.4. The number of hydrogen-bond acceptors (Lipinski definition) is 10. The number of carbonyl (C=O) groups is 3. The van der Waals surface area contributed by atoms with Crippen molar-refractivity contribution in [3.05, 3.63) is 0 Å². The number of ether oxygens (including phenoxy) is 1. The molecule has 0 aromatic carbocycles. The second-order valence-electron chi connectivity index (χ2n) is 5.05. The standard InChI is InChI=1S/C12H15NO8S/c1-6(14)9(17)4-21-12(20,13-5-22)11(19,8(3)16)10(9,18)7(2)15/h17-20H,4H2,1-3H3/t9-,10-,11+,12-/m0/s1. The molecule has 0 aliphatic carbocycles. The highest BCUT2D eigenvalue weighted by Gasteiger charge is 2.80. The van der Waals surface area contributed by atoms with Gasteiger partial charge in [0.1, 0.15) is 0 Å². The average Bonchev–Trinajstić information content (AvgIpc) is 2.40. The largest absolute Gasteiger partial charge is 0.376 e. The van der Waals surface area contributed by atoms with Crippen LogP contribution in [0, 0.1) is 0 Å². The average molecular weight is 333 g/mol. The summed E-state index contributed by atoms with van der Waals surface area (Å²) < 4.78 is 4.71. The molecular formula is C12H15NO8S. The van der Waals surface area contributed by atoms with Gasteiger partial charge in [-0.3, -0.25) is 14.4 Å². The highest BCUT2D eigenvalue weighted by Crippen LogP contribution is 2.47. The number of aliphatic imine (C=N–C) groups is 1. The van der Waals surface area contributed by atoms with Crippen molar-refractivity contribution in [2.75, 3.05) is 6.61 Å². The lowest BCUT2D eigenvalue weighted by Gasteiger charge is -2.55. The molecule has 0 aromatic rings. The molecule has 0 saturated carbocycles. The lowest BCUT2D eigenvalue weighted by atomic mass is 9.62. The number of hydrogen-bond donors (Lipinski definition) is 4. The molecule has 4 atom stereocenters. The van der Waals surface area contributed by atoms with E-state index in [2.05, 4.69) is 17.2 Å². The number of carbonyl (C=O) groups excluding carboxylic acids is 3. The van der Waals surface area contributed by atoms with Crippen LogP contribution in [-0.2, 0) is 19.1 Å². The minimum Gasteiger partial charge on any atom is -0.376 e. The summed E-state index contributed by atoms with van der Waals surface area (Å²) in [7, 11) is 0. The van der Waals surface area contributed by atoms with Gasteiger partial charge in [-0.1, -0.05) is 0 Å². The molecule has 1 rings (SSSR count). The van der Waals surface area contributed by atoms with E-state index in [-0.39, 0.29) is 0 Å². The third-order valence-electron chi connectivity index (χ3n) is 3.87. The van der Waals surface area contributed by atoms with Gasteiger partial charge < -0.3 is 25.2 Å². The third-order valence-corrected chi connectivity index (χ3v) is 3.97. The Morgan fingerprint density at radius 3 is 1.77 bits per heavy atom. The molecule has 122 valence electrons. The van der Waals surface area contributed by atoms with Gasteiger partial charge in [-0.15, -0.1) is 0 Å². The number of ketones is 3. The first-order valence-electron chi connectivity index (χ1n) is 6.00. The van der Waals surface area contributed by atoms with Crippen LogP contribution in [0.3, 0.4) is 0 Å². The molecule has 0 spiro atoms. The van der Waals surface area contributed by atoms with E-state index >= 15 is 0 Å². The summed E-state index contributed by atoms with van der Waals surface area (Å²) in [5.74, 6) is -7.12. The van der Waals surface area contributed by atoms with Crippen LogP contribution in [0.5, 0.6) is 0 Å². The lowest BCUT2D eigenvalue weighted by Crippen LogP contribution is -2.86. The molecular weight excluding hydrogens is 318 g/mol. The number of Topliss-reactive ketones (excluding diaryl/α,β-unsaturated/α-hetero) is 3. The van der Waals surface area contributed by atoms with Crippen molar-refractivity contribution in [3.8, 4) is 0 Å². The second kappa shape index (κ2) is 5.36. The Bertz CT molecular complexity index is 564. The van der Waals surface area contributed by atoms with Crippen LogP contribution >= 0.6 is 12.2 Å². The molecule has 22 heavy (non-hydrogen) atoms. The van der Waals surface area contributed by atoms with Gasteiger partial charge in [0.25, 0.3) is 0 Å². The first-order chi connectivity index (χ1) is 9.85. The second-order valence-corrected chi connectivity index (χ2v) is 5.23. The van der Waals surface area contributed by atoms with Crippen LogP contribution in [0.1, 0.15) is 20.8 Å². The Balaban J connectivity index is 3.89. The van der Waals surface area contributed by atoms with Gasteiger partial charge in [-0.25, -0.2) is 0 Å². The number of isothiocyanates is 1. The smallest absolute Gasteiger partial charge is 0.317 e. The van der Waals surface area contributed by atoms with E-state index < -0.39 is 46.7 Å². The molecule has 0 radical (unpaired) electrons. The molecule has 0 aromatic heterocycles. The third kappa shape index (κ3) is 1.94. The van der Waals surface area contributed by atoms with Gasteiger partial charge in [0.2, 0.25) is 11.2 Å². The van der Waals surface area contributed by atoms with Crippen LogP contribution in [0.25, 0.3) is 0 Å². The molecule has 0 unspecified atom stereocenters. The number of rotatable bonds is 4. The summed E-state index contributed by atoms with van der Waals surface area (Å²) in [6, 6.07) is 0. The maximum absolute atomic E-state index is 11.9. The monoisotopic (exact) mass is 333 g/mol. The fourth-order valence-electron chi connectivity index (χ4n) is 2.51. The van der Waals surface area contributed by atoms with Crippen LogP contribution in [0.15, 0.2) is 4.99 Å². The Labute approximate surface area is 130 Å². The van der Waals surface area contributed by atoms with E-state index in [1.165, 1.54) is 0 Å². The van der Waals surface area contributed by atoms with E-state index in [0.29, 0.717) is 13.8 Å². The first-order valence-corrected chi connectivity index (χ1v) is 6.41. The van der Waals surface area contributed by atoms with E-state index in [1.807, 2.05) is 0 Å². The highest BCUT2D eigenvalue weighted by molar-refractivity contribution is 7.78. The van der Waals surface area contributed by atoms with Crippen LogP contribution in [0.4, 0.5) is 0 Å². The minimum atomic E-state index is -3.49. The van der Waals surface area contributed by atoms with Gasteiger partial charge in [0.15, 0.2) is 23.0 Å². The first kappa shape index (κ1) is 18.7. The summed E-state index contributed by atoms with van der Waals surface area (Å²) in [6.45, 7) is 1.11. The summed E-state index contributed by atoms with van der Waals surface area (Å²) in [4.78, 5) is 38.6. The van der Waals surface area contributed by atoms with Crippen molar-refractivity contribution in [2.45, 2.75) is 43.5 Å². The molecule has 0 amide bonds. The van der Waals surface area contributed by atoms with Crippen LogP contribution in [-0.4, -0.2) is 72.3 Å². The Morgan fingerprint density at radius 2 is 1.45 bits per heavy atom. The molecule has 9 nitrogen and oxygen atoms in total. The Hall–Kier alpha value is -1.39. The molecule has 1 fully saturated rings. The Morgan fingerprint density at radius 1 is 1.00 bits per heavy atom. The molecule has 1 saturated heterocycles. The molecule has 1 aliphatic heterocycles. The quantitative estimate of drug-likeness (QED) is 0.329. The minimum absolute atomic E-state index is 0.701. The molecule has 0 bridgehead atoms. The summed E-state index contributed by atoms with van der Waals surface area (Å²) in [5, 5.41) is 43.5. The van der Waals surface area contributed by atoms with Gasteiger partial charge in [-0.05, 0) is 33.0 Å². The van der Waals surface area contributed by atoms with Gasteiger partial charge in [0.05, 0.1) is 11.8 Å². The van der Waals surface area contributed by atoms with E-state index in [4.69, 9.17) is 4.74 Å². The maximum Gasteiger partial charge on any atom is 0.317 e. The summed E-state index contributed by atoms with van der Waals surface area (Å²) >= 11 is 4.27. The van der Waals surface area contributed by atoms with Crippen molar-refractivity contribution in [1.82, 2.24) is 0 Å². The summed E-state index contributed by atoms with van der Waals surface area (Å²) in [5.41, 5.74) is -9.89. The Kier molecular flexibility index (Phi) is 4.54. The van der Waals surface area contributed by atoms with Crippen molar-refractivity contribution in [1.29, 1.82) is 0 Å². The number of nitrogens with zero attached hydrogens (tertiary/aromatic N) is 1. The molecule has 4 N–H and O–H groups in total. The topological polar surface area (TPSA) is 154 Å². The summed E-state index contributed by atoms with van der Waals surface area (Å²) in [6.07, 6.45) is 0. The van der Waals surface area contributed by atoms with Crippen molar-refractivity contribution < 1.29 is 39.5 Å². The lowest BCUT2D eigenvalue weighted by molar-refractivity contribution is -0.380. The molecule has 10 heteroatoms. The molecule has 1 aliphatic rings. The van der Waals surface area contributed by atoms with Crippen LogP contribution in [0.2, 0.25) is 0 Å². The number of aliphatic hydroxyl groups is 4. The zero-order chi connectivity index (χ0) is 17.6. The highest BCUT2D eigenvalue weighted by atomic mass is 32.1. The van der Waals surface area contributed by atoms with Gasteiger partial charge >= 0.3 is 5.91 Å². The van der Waals surface area contributed by atoms with Crippen molar-refractivity contribution in [2.24, 2.45) is 4.99 Å². The SMILES string of the molecule is CC(=O)[C@@]1(O)[C@](O)(C(C)=O)[C@@](O)(C(C)=O)CO[C@]1(O)N=C=S. The van der Waals surface area contributed by atoms with Crippen molar-refractivity contribution in [3.63, 3.8) is 0 Å². The van der Waals surface area contributed by atoms with Crippen LogP contribution < -0.4 is 0 Å². The van der Waals surface area contributed by atoms with E-state index in [9.17, 15) is 34.8 Å². The van der Waals surface area contributed by atoms with E-state index in [1.54, 1.807) is 5.16 Å². The predicted molar refractivity (Wildman–Crippen MR) is 72.8 cm³/mol. The maximum atomic E-state index is 11.9. The van der Waals surface area contributed by atoms with Gasteiger partial charge in [0, 0.05) is 0 Å².